The fraction of sp³-hybridized carbons (Fsp3) is 0.857. The maximum Gasteiger partial charge on any atom is 0.238 e. The number of primary amides is 1. The van der Waals surface area contributed by atoms with Crippen molar-refractivity contribution < 1.29 is 13.2 Å². The van der Waals surface area contributed by atoms with Gasteiger partial charge in [0, 0.05) is 6.26 Å². The fourth-order valence-corrected chi connectivity index (χ4v) is 3.47. The summed E-state index contributed by atoms with van der Waals surface area (Å²) in [4.78, 5) is 11.0. The van der Waals surface area contributed by atoms with Crippen LogP contribution in [0.3, 0.4) is 0 Å². The van der Waals surface area contributed by atoms with Gasteiger partial charge in [-0.05, 0) is 19.3 Å². The molecule has 1 amide bonds. The third-order valence-corrected chi connectivity index (χ3v) is 4.30. The number of carbonyl (C=O) groups is 1. The zero-order chi connectivity index (χ0) is 10.3. The van der Waals surface area contributed by atoms with Crippen LogP contribution >= 0.6 is 0 Å². The second kappa shape index (κ2) is 2.95. The minimum absolute atomic E-state index is 0.361. The molecule has 5 nitrogen and oxygen atoms in total. The number of hydrogen-bond acceptors (Lipinski definition) is 4. The molecular weight excluding hydrogens is 192 g/mol. The average Bonchev–Trinajstić information content (AvgIpc) is 2.31. The largest absolute Gasteiger partial charge is 0.368 e. The molecule has 0 aliphatic heterocycles. The van der Waals surface area contributed by atoms with E-state index in [-0.39, 0.29) is 0 Å². The van der Waals surface area contributed by atoms with Gasteiger partial charge in [0.2, 0.25) is 5.91 Å². The van der Waals surface area contributed by atoms with Crippen molar-refractivity contribution in [3.63, 3.8) is 0 Å². The summed E-state index contributed by atoms with van der Waals surface area (Å²) in [7, 11) is -3.28. The number of sulfone groups is 1. The molecular formula is C7H14N2O3S. The Morgan fingerprint density at radius 3 is 2.38 bits per heavy atom. The molecule has 0 aromatic heterocycles. The summed E-state index contributed by atoms with van der Waals surface area (Å²) in [6.07, 6.45) is 2.52. The Morgan fingerprint density at radius 1 is 1.54 bits per heavy atom. The van der Waals surface area contributed by atoms with E-state index in [1.165, 1.54) is 0 Å². The lowest BCUT2D eigenvalue weighted by Crippen LogP contribution is -2.59. The molecule has 0 spiro atoms. The number of carbonyl (C=O) groups excluding carboxylic acids is 1. The standard InChI is InChI=1S/C7H14N2O3S/c1-13(11,12)5-3-2-4-7(5,9)6(8)10/h5H,2-4,9H2,1H3,(H2,8,10). The maximum atomic E-state index is 11.3. The Balaban J connectivity index is 3.07. The summed E-state index contributed by atoms with van der Waals surface area (Å²) < 4.78 is 22.5. The van der Waals surface area contributed by atoms with Gasteiger partial charge in [-0.15, -0.1) is 0 Å². The third-order valence-electron chi connectivity index (χ3n) is 2.61. The van der Waals surface area contributed by atoms with Gasteiger partial charge in [0.15, 0.2) is 9.84 Å². The maximum absolute atomic E-state index is 11.3. The quantitative estimate of drug-likeness (QED) is 0.590. The molecule has 1 aliphatic carbocycles. The van der Waals surface area contributed by atoms with E-state index < -0.39 is 26.5 Å². The van der Waals surface area contributed by atoms with Gasteiger partial charge >= 0.3 is 0 Å². The fourth-order valence-electron chi connectivity index (χ4n) is 1.88. The highest BCUT2D eigenvalue weighted by molar-refractivity contribution is 7.91. The molecule has 1 saturated carbocycles. The molecule has 2 unspecified atom stereocenters. The van der Waals surface area contributed by atoms with Crippen molar-refractivity contribution in [1.29, 1.82) is 0 Å². The second-order valence-electron chi connectivity index (χ2n) is 3.62. The third kappa shape index (κ3) is 1.68. The number of hydrogen-bond donors (Lipinski definition) is 2. The van der Waals surface area contributed by atoms with Gasteiger partial charge in [-0.3, -0.25) is 4.79 Å². The molecule has 0 bridgehead atoms. The molecule has 6 heteroatoms. The first-order valence-corrected chi connectivity index (χ1v) is 6.01. The number of nitrogens with two attached hydrogens (primary N) is 2. The van der Waals surface area contributed by atoms with Gasteiger partial charge in [-0.1, -0.05) is 0 Å². The topological polar surface area (TPSA) is 103 Å². The van der Waals surface area contributed by atoms with Gasteiger partial charge in [-0.25, -0.2) is 8.42 Å². The molecule has 1 rings (SSSR count). The summed E-state index contributed by atoms with van der Waals surface area (Å²) in [5.41, 5.74) is 9.42. The first-order chi connectivity index (χ1) is 5.78. The van der Waals surface area contributed by atoms with Crippen LogP contribution in [0.1, 0.15) is 19.3 Å². The normalized spacial score (nSPS) is 34.8. The molecule has 4 N–H and O–H groups in total. The smallest absolute Gasteiger partial charge is 0.238 e. The van der Waals surface area contributed by atoms with Crippen LogP contribution in [0.2, 0.25) is 0 Å². The van der Waals surface area contributed by atoms with Gasteiger partial charge < -0.3 is 11.5 Å². The van der Waals surface area contributed by atoms with Crippen molar-refractivity contribution in [2.24, 2.45) is 11.5 Å². The van der Waals surface area contributed by atoms with E-state index in [2.05, 4.69) is 0 Å². The molecule has 1 aliphatic rings. The summed E-state index contributed by atoms with van der Waals surface area (Å²) >= 11 is 0. The van der Waals surface area contributed by atoms with Crippen LogP contribution in [0.5, 0.6) is 0 Å². The molecule has 0 aromatic rings. The first-order valence-electron chi connectivity index (χ1n) is 4.06. The summed E-state index contributed by atoms with van der Waals surface area (Å²) in [5.74, 6) is -0.722. The highest BCUT2D eigenvalue weighted by atomic mass is 32.2. The summed E-state index contributed by atoms with van der Waals surface area (Å²) in [6, 6.07) is 0. The molecule has 13 heavy (non-hydrogen) atoms. The number of amides is 1. The summed E-state index contributed by atoms with van der Waals surface area (Å²) in [5, 5.41) is -0.808. The van der Waals surface area contributed by atoms with E-state index in [1.807, 2.05) is 0 Å². The van der Waals surface area contributed by atoms with Crippen LogP contribution in [0.25, 0.3) is 0 Å². The minimum atomic E-state index is -3.28. The van der Waals surface area contributed by atoms with Gasteiger partial charge in [0.1, 0.15) is 5.54 Å². The zero-order valence-corrected chi connectivity index (χ0v) is 8.30. The van der Waals surface area contributed by atoms with Crippen LogP contribution < -0.4 is 11.5 Å². The van der Waals surface area contributed by atoms with Crippen LogP contribution in [-0.4, -0.2) is 31.4 Å². The van der Waals surface area contributed by atoms with Crippen molar-refractivity contribution in [3.05, 3.63) is 0 Å². The van der Waals surface area contributed by atoms with Gasteiger partial charge in [-0.2, -0.15) is 0 Å². The van der Waals surface area contributed by atoms with Gasteiger partial charge in [0.05, 0.1) is 5.25 Å². The lowest BCUT2D eigenvalue weighted by molar-refractivity contribution is -0.122. The molecule has 76 valence electrons. The average molecular weight is 206 g/mol. The Hall–Kier alpha value is -0.620. The SMILES string of the molecule is CS(=O)(=O)C1CCCC1(N)C(N)=O. The minimum Gasteiger partial charge on any atom is -0.368 e. The van der Waals surface area contributed by atoms with Crippen LogP contribution in [0.15, 0.2) is 0 Å². The predicted octanol–water partition coefficient (Wildman–Crippen LogP) is -1.23. The summed E-state index contributed by atoms with van der Waals surface area (Å²) in [6.45, 7) is 0. The molecule has 0 radical (unpaired) electrons. The van der Waals surface area contributed by atoms with E-state index in [1.54, 1.807) is 0 Å². The van der Waals surface area contributed by atoms with Crippen molar-refractivity contribution in [3.8, 4) is 0 Å². The van der Waals surface area contributed by atoms with E-state index >= 15 is 0 Å². The van der Waals surface area contributed by atoms with Crippen molar-refractivity contribution in [1.82, 2.24) is 0 Å². The van der Waals surface area contributed by atoms with Crippen molar-refractivity contribution in [2.75, 3.05) is 6.26 Å². The molecule has 1 fully saturated rings. The lowest BCUT2D eigenvalue weighted by Gasteiger charge is -2.26. The monoisotopic (exact) mass is 206 g/mol. The van der Waals surface area contributed by atoms with Crippen LogP contribution in [-0.2, 0) is 14.6 Å². The van der Waals surface area contributed by atoms with Crippen molar-refractivity contribution >= 4 is 15.7 Å². The second-order valence-corrected chi connectivity index (χ2v) is 5.84. The van der Waals surface area contributed by atoms with E-state index in [4.69, 9.17) is 11.5 Å². The first kappa shape index (κ1) is 10.5. The molecule has 0 saturated heterocycles. The van der Waals surface area contributed by atoms with Crippen molar-refractivity contribution in [2.45, 2.75) is 30.1 Å². The van der Waals surface area contributed by atoms with Crippen LogP contribution in [0.4, 0.5) is 0 Å². The van der Waals surface area contributed by atoms with E-state index in [0.717, 1.165) is 6.26 Å². The number of rotatable bonds is 2. The zero-order valence-electron chi connectivity index (χ0n) is 7.49. The lowest BCUT2D eigenvalue weighted by atomic mass is 9.98. The highest BCUT2D eigenvalue weighted by Crippen LogP contribution is 2.32. The molecule has 2 atom stereocenters. The highest BCUT2D eigenvalue weighted by Gasteiger charge is 2.49. The van der Waals surface area contributed by atoms with E-state index in [0.29, 0.717) is 19.3 Å². The van der Waals surface area contributed by atoms with Gasteiger partial charge in [0.25, 0.3) is 0 Å². The van der Waals surface area contributed by atoms with Crippen LogP contribution in [0, 0.1) is 0 Å². The van der Waals surface area contributed by atoms with E-state index in [9.17, 15) is 13.2 Å². The Morgan fingerprint density at radius 2 is 2.08 bits per heavy atom. The Kier molecular flexibility index (Phi) is 2.38. The predicted molar refractivity (Wildman–Crippen MR) is 48.6 cm³/mol. The molecule has 0 aromatic carbocycles. The Bertz CT molecular complexity index is 325. The Labute approximate surface area is 77.4 Å². The molecule has 0 heterocycles.